The average Bonchev–Trinajstić information content (AvgIpc) is 3.27. The molecule has 1 aromatic heterocycles. The Morgan fingerprint density at radius 3 is 2.78 bits per heavy atom. The summed E-state index contributed by atoms with van der Waals surface area (Å²) in [6, 6.07) is 10.9. The summed E-state index contributed by atoms with van der Waals surface area (Å²) in [7, 11) is 0. The molecule has 1 N–H and O–H groups in total. The van der Waals surface area contributed by atoms with Crippen molar-refractivity contribution < 1.29 is 23.5 Å². The van der Waals surface area contributed by atoms with Crippen molar-refractivity contribution in [1.29, 1.82) is 0 Å². The molecule has 0 radical (unpaired) electrons. The van der Waals surface area contributed by atoms with Crippen LogP contribution < -0.4 is 5.32 Å². The highest BCUT2D eigenvalue weighted by Crippen LogP contribution is 2.22. The van der Waals surface area contributed by atoms with Gasteiger partial charge in [-0.1, -0.05) is 18.2 Å². The zero-order chi connectivity index (χ0) is 19.4. The molecular weight excluding hydrogens is 348 g/mol. The maximum absolute atomic E-state index is 12.4. The van der Waals surface area contributed by atoms with Gasteiger partial charge in [0.15, 0.2) is 6.10 Å². The van der Waals surface area contributed by atoms with Crippen LogP contribution in [0.5, 0.6) is 0 Å². The lowest BCUT2D eigenvalue weighted by atomic mass is 10.1. The first-order valence-electron chi connectivity index (χ1n) is 8.81. The summed E-state index contributed by atoms with van der Waals surface area (Å²) in [4.78, 5) is 38.3. The molecule has 1 aliphatic rings. The van der Waals surface area contributed by atoms with Crippen LogP contribution in [0.1, 0.15) is 24.7 Å². The Bertz CT molecular complexity index is 831. The Morgan fingerprint density at radius 2 is 2.07 bits per heavy atom. The number of carbonyl (C=O) groups is 3. The van der Waals surface area contributed by atoms with Crippen LogP contribution in [0.4, 0.5) is 5.69 Å². The summed E-state index contributed by atoms with van der Waals surface area (Å²) in [5, 5.41) is 2.75. The highest BCUT2D eigenvalue weighted by atomic mass is 16.5. The summed E-state index contributed by atoms with van der Waals surface area (Å²) in [6.45, 7) is 3.97. The van der Waals surface area contributed by atoms with Gasteiger partial charge in [-0.15, -0.1) is 0 Å². The summed E-state index contributed by atoms with van der Waals surface area (Å²) in [5.74, 6) is -1.01. The molecule has 0 spiro atoms. The molecular formula is C20H22N2O5. The summed E-state index contributed by atoms with van der Waals surface area (Å²) < 4.78 is 10.5. The zero-order valence-electron chi connectivity index (χ0n) is 15.3. The lowest BCUT2D eigenvalue weighted by Gasteiger charge is -2.17. The maximum atomic E-state index is 12.4. The van der Waals surface area contributed by atoms with Crippen molar-refractivity contribution in [3.63, 3.8) is 0 Å². The van der Waals surface area contributed by atoms with E-state index in [1.165, 1.54) is 13.2 Å². The molecule has 0 aliphatic carbocycles. The van der Waals surface area contributed by atoms with Gasteiger partial charge in [-0.25, -0.2) is 0 Å². The minimum atomic E-state index is -0.952. The second-order valence-corrected chi connectivity index (χ2v) is 6.64. The fraction of sp³-hybridized carbons (Fsp3) is 0.350. The van der Waals surface area contributed by atoms with Crippen LogP contribution in [0.2, 0.25) is 0 Å². The van der Waals surface area contributed by atoms with E-state index < -0.39 is 23.9 Å². The highest BCUT2D eigenvalue weighted by Gasteiger charge is 2.36. The van der Waals surface area contributed by atoms with Gasteiger partial charge in [-0.05, 0) is 37.6 Å². The number of aryl methyl sites for hydroxylation is 1. The molecule has 2 amide bonds. The Hall–Kier alpha value is -3.09. The van der Waals surface area contributed by atoms with Crippen LogP contribution in [-0.4, -0.2) is 35.3 Å². The SMILES string of the molecule is Cc1ccccc1NC(=O)C(C)OC(=O)C1CC(=O)N(Cc2ccco2)C1. The van der Waals surface area contributed by atoms with Crippen molar-refractivity contribution in [3.8, 4) is 0 Å². The third-order valence-electron chi connectivity index (χ3n) is 4.54. The van der Waals surface area contributed by atoms with Gasteiger partial charge >= 0.3 is 5.97 Å². The minimum absolute atomic E-state index is 0.0751. The van der Waals surface area contributed by atoms with Gasteiger partial charge in [0.05, 0.1) is 18.7 Å². The highest BCUT2D eigenvalue weighted by molar-refractivity contribution is 5.96. The first kappa shape index (κ1) is 18.7. The summed E-state index contributed by atoms with van der Waals surface area (Å²) in [6.07, 6.45) is 0.661. The number of benzene rings is 1. The third-order valence-corrected chi connectivity index (χ3v) is 4.54. The monoisotopic (exact) mass is 370 g/mol. The fourth-order valence-electron chi connectivity index (χ4n) is 2.95. The van der Waals surface area contributed by atoms with E-state index in [0.717, 1.165) is 5.56 Å². The molecule has 27 heavy (non-hydrogen) atoms. The number of likely N-dealkylation sites (tertiary alicyclic amines) is 1. The molecule has 142 valence electrons. The van der Waals surface area contributed by atoms with Crippen molar-refractivity contribution >= 4 is 23.5 Å². The molecule has 1 saturated heterocycles. The van der Waals surface area contributed by atoms with Crippen LogP contribution in [-0.2, 0) is 25.7 Å². The molecule has 1 fully saturated rings. The number of ether oxygens (including phenoxy) is 1. The van der Waals surface area contributed by atoms with E-state index in [9.17, 15) is 14.4 Å². The average molecular weight is 370 g/mol. The summed E-state index contributed by atoms with van der Waals surface area (Å²) >= 11 is 0. The van der Waals surface area contributed by atoms with E-state index in [2.05, 4.69) is 5.32 Å². The molecule has 2 unspecified atom stereocenters. The Labute approximate surface area is 157 Å². The van der Waals surface area contributed by atoms with E-state index in [0.29, 0.717) is 18.0 Å². The number of amides is 2. The molecule has 0 bridgehead atoms. The van der Waals surface area contributed by atoms with Gasteiger partial charge in [0.25, 0.3) is 5.91 Å². The molecule has 0 saturated carbocycles. The second-order valence-electron chi connectivity index (χ2n) is 6.64. The quantitative estimate of drug-likeness (QED) is 0.789. The first-order valence-corrected chi connectivity index (χ1v) is 8.81. The molecule has 7 heteroatoms. The molecule has 3 rings (SSSR count). The van der Waals surface area contributed by atoms with Crippen LogP contribution >= 0.6 is 0 Å². The largest absolute Gasteiger partial charge is 0.467 e. The van der Waals surface area contributed by atoms with Crippen molar-refractivity contribution in [1.82, 2.24) is 4.90 Å². The number of carbonyl (C=O) groups excluding carboxylic acids is 3. The van der Waals surface area contributed by atoms with Crippen molar-refractivity contribution in [2.45, 2.75) is 32.9 Å². The van der Waals surface area contributed by atoms with Crippen LogP contribution in [0.3, 0.4) is 0 Å². The molecule has 2 heterocycles. The number of furan rings is 1. The Morgan fingerprint density at radius 1 is 1.30 bits per heavy atom. The number of hydrogen-bond acceptors (Lipinski definition) is 5. The molecule has 1 aliphatic heterocycles. The van der Waals surface area contributed by atoms with E-state index in [1.807, 2.05) is 25.1 Å². The van der Waals surface area contributed by atoms with Crippen molar-refractivity contribution in [2.75, 3.05) is 11.9 Å². The molecule has 1 aromatic carbocycles. The predicted octanol–water partition coefficient (Wildman–Crippen LogP) is 2.51. The van der Waals surface area contributed by atoms with Gasteiger partial charge < -0.3 is 19.4 Å². The fourth-order valence-corrected chi connectivity index (χ4v) is 2.95. The Balaban J connectivity index is 1.53. The van der Waals surface area contributed by atoms with Crippen molar-refractivity contribution in [3.05, 3.63) is 54.0 Å². The third kappa shape index (κ3) is 4.55. The Kier molecular flexibility index (Phi) is 5.59. The van der Waals surface area contributed by atoms with Crippen molar-refractivity contribution in [2.24, 2.45) is 5.92 Å². The van der Waals surface area contributed by atoms with E-state index in [4.69, 9.17) is 9.15 Å². The predicted molar refractivity (Wildman–Crippen MR) is 97.6 cm³/mol. The molecule has 2 atom stereocenters. The number of para-hydroxylation sites is 1. The normalized spacial score (nSPS) is 17.6. The number of nitrogens with zero attached hydrogens (tertiary/aromatic N) is 1. The molecule has 2 aromatic rings. The number of anilines is 1. The molecule has 7 nitrogen and oxygen atoms in total. The standard InChI is InChI=1S/C20H22N2O5/c1-13-6-3-4-8-17(13)21-19(24)14(2)27-20(25)15-10-18(23)22(11-15)12-16-7-5-9-26-16/h3-9,14-15H,10-12H2,1-2H3,(H,21,24). The first-order chi connectivity index (χ1) is 12.9. The van der Waals surface area contributed by atoms with Gasteiger partial charge in [0.2, 0.25) is 5.91 Å². The van der Waals surface area contributed by atoms with Gasteiger partial charge in [-0.2, -0.15) is 0 Å². The minimum Gasteiger partial charge on any atom is -0.467 e. The van der Waals surface area contributed by atoms with Gasteiger partial charge in [0, 0.05) is 18.7 Å². The number of hydrogen-bond donors (Lipinski definition) is 1. The van der Waals surface area contributed by atoms with Crippen LogP contribution in [0.25, 0.3) is 0 Å². The smallest absolute Gasteiger partial charge is 0.312 e. The lowest BCUT2D eigenvalue weighted by molar-refractivity contribution is -0.157. The second kappa shape index (κ2) is 8.07. The maximum Gasteiger partial charge on any atom is 0.312 e. The topological polar surface area (TPSA) is 88.8 Å². The number of esters is 1. The van der Waals surface area contributed by atoms with Gasteiger partial charge in [0.1, 0.15) is 5.76 Å². The van der Waals surface area contributed by atoms with Crippen LogP contribution in [0.15, 0.2) is 47.1 Å². The van der Waals surface area contributed by atoms with E-state index in [-0.39, 0.29) is 18.9 Å². The number of nitrogens with one attached hydrogen (secondary N) is 1. The zero-order valence-corrected chi connectivity index (χ0v) is 15.3. The number of rotatable bonds is 6. The lowest BCUT2D eigenvalue weighted by Crippen LogP contribution is -2.33. The van der Waals surface area contributed by atoms with E-state index in [1.54, 1.807) is 23.1 Å². The van der Waals surface area contributed by atoms with Crippen LogP contribution in [0, 0.1) is 12.8 Å². The van der Waals surface area contributed by atoms with Gasteiger partial charge in [-0.3, -0.25) is 14.4 Å². The van der Waals surface area contributed by atoms with E-state index >= 15 is 0 Å². The summed E-state index contributed by atoms with van der Waals surface area (Å²) in [5.41, 5.74) is 1.59.